The summed E-state index contributed by atoms with van der Waals surface area (Å²) < 4.78 is 0. The summed E-state index contributed by atoms with van der Waals surface area (Å²) in [6.45, 7) is 0. The van der Waals surface area contributed by atoms with Crippen LogP contribution >= 0.6 is 10.9 Å². The summed E-state index contributed by atoms with van der Waals surface area (Å²) >= 11 is 0. The molecule has 0 spiro atoms. The smallest absolute Gasteiger partial charge is 0.00388 e. The van der Waals surface area contributed by atoms with Gasteiger partial charge in [-0.25, -0.2) is 0 Å². The van der Waals surface area contributed by atoms with Crippen LogP contribution in [0.3, 0.4) is 0 Å². The fourth-order valence-corrected chi connectivity index (χ4v) is 6.76. The van der Waals surface area contributed by atoms with Gasteiger partial charge in [0.25, 0.3) is 0 Å². The molecule has 0 aliphatic carbocycles. The van der Waals surface area contributed by atoms with Crippen LogP contribution in [0, 0.1) is 0 Å². The van der Waals surface area contributed by atoms with Crippen molar-refractivity contribution in [1.82, 2.24) is 0 Å². The maximum atomic E-state index is 2.38. The Morgan fingerprint density at radius 1 is 0.290 bits per heavy atom. The van der Waals surface area contributed by atoms with Crippen molar-refractivity contribution in [2.24, 2.45) is 0 Å². The van der Waals surface area contributed by atoms with E-state index in [-0.39, 0.29) is 0 Å². The van der Waals surface area contributed by atoms with Crippen LogP contribution in [-0.4, -0.2) is 0 Å². The largest absolute Gasteiger partial charge is 0.173 e. The fourth-order valence-electron chi connectivity index (χ4n) is 4.39. The average molecular weight is 415 g/mol. The Morgan fingerprint density at radius 3 is 0.903 bits per heavy atom. The molecule has 0 aliphatic heterocycles. The first-order valence-corrected chi connectivity index (χ1v) is 12.0. The van der Waals surface area contributed by atoms with Crippen LogP contribution < -0.4 is 0 Å². The van der Waals surface area contributed by atoms with E-state index in [0.29, 0.717) is 0 Å². The molecule has 0 radical (unpaired) electrons. The van der Waals surface area contributed by atoms with Gasteiger partial charge in [-0.05, 0) is 83.4 Å². The van der Waals surface area contributed by atoms with E-state index in [1.807, 2.05) is 0 Å². The summed E-state index contributed by atoms with van der Waals surface area (Å²) in [5.74, 6) is 0. The van der Waals surface area contributed by atoms with Crippen LogP contribution in [0.5, 0.6) is 0 Å². The third kappa shape index (κ3) is 3.37. The quantitative estimate of drug-likeness (QED) is 0.275. The number of rotatable bonds is 3. The van der Waals surface area contributed by atoms with E-state index in [1.165, 1.54) is 47.0 Å². The van der Waals surface area contributed by atoms with Crippen molar-refractivity contribution < 1.29 is 0 Å². The van der Waals surface area contributed by atoms with Crippen LogP contribution in [0.25, 0.3) is 32.3 Å². The summed E-state index contributed by atoms with van der Waals surface area (Å²) in [6.07, 6.45) is 0. The topological polar surface area (TPSA) is 0 Å². The summed E-state index contributed by atoms with van der Waals surface area (Å²) in [5, 5.41) is 7.77. The molecule has 0 bridgehead atoms. The van der Waals surface area contributed by atoms with Gasteiger partial charge >= 0.3 is 0 Å². The molecule has 0 amide bonds. The molecule has 6 rings (SSSR count). The van der Waals surface area contributed by atoms with Crippen molar-refractivity contribution in [3.8, 4) is 0 Å². The summed E-state index contributed by atoms with van der Waals surface area (Å²) in [7, 11) is -0.666. The third-order valence-corrected chi connectivity index (χ3v) is 8.36. The molecule has 0 saturated heterocycles. The second-order valence-electron chi connectivity index (χ2n) is 7.93. The zero-order valence-electron chi connectivity index (χ0n) is 17.1. The van der Waals surface area contributed by atoms with Crippen molar-refractivity contribution >= 4 is 43.2 Å². The van der Waals surface area contributed by atoms with Gasteiger partial charge in [0.2, 0.25) is 0 Å². The minimum Gasteiger partial charge on any atom is -0.173 e. The van der Waals surface area contributed by atoms with Gasteiger partial charge in [-0.3, -0.25) is 0 Å². The van der Waals surface area contributed by atoms with Gasteiger partial charge in [-0.15, -0.1) is 0 Å². The van der Waals surface area contributed by atoms with Crippen molar-refractivity contribution in [3.63, 3.8) is 0 Å². The van der Waals surface area contributed by atoms with Crippen LogP contribution in [0.4, 0.5) is 0 Å². The number of hydrogen-bond donors (Lipinski definition) is 1. The SMILES string of the molecule is c1ccc2cc([SH](c3ccc4ccccc4c3)c3ccc4ccccc4c3)ccc2c1. The van der Waals surface area contributed by atoms with E-state index in [9.17, 15) is 0 Å². The Kier molecular flexibility index (Phi) is 4.48. The highest BCUT2D eigenvalue weighted by molar-refractivity contribution is 8.17. The van der Waals surface area contributed by atoms with Gasteiger partial charge in [0.15, 0.2) is 0 Å². The Morgan fingerprint density at radius 2 is 0.581 bits per heavy atom. The zero-order valence-corrected chi connectivity index (χ0v) is 18.0. The molecule has 0 fully saturated rings. The summed E-state index contributed by atoms with van der Waals surface area (Å²) in [6, 6.07) is 46.8. The highest BCUT2D eigenvalue weighted by Crippen LogP contribution is 2.52. The van der Waals surface area contributed by atoms with E-state index in [0.717, 1.165) is 0 Å². The average Bonchev–Trinajstić information content (AvgIpc) is 2.84. The standard InChI is InChI=1S/C30H22S/c1-4-10-25-19-28(16-13-22(25)7-1)31(29-17-14-23-8-2-5-11-26(23)20-29)30-18-15-24-9-3-6-12-27(24)21-30/h1-21,31H. The lowest BCUT2D eigenvalue weighted by Crippen LogP contribution is -1.90. The van der Waals surface area contributed by atoms with Crippen LogP contribution in [0.15, 0.2) is 142 Å². The molecule has 0 aromatic heterocycles. The molecule has 6 aromatic rings. The normalized spacial score (nSPS) is 11.8. The predicted molar refractivity (Wildman–Crippen MR) is 136 cm³/mol. The lowest BCUT2D eigenvalue weighted by molar-refractivity contribution is 1.36. The Balaban J connectivity index is 1.59. The zero-order chi connectivity index (χ0) is 20.6. The molecule has 0 unspecified atom stereocenters. The summed E-state index contributed by atoms with van der Waals surface area (Å²) in [5.41, 5.74) is 0. The third-order valence-electron chi connectivity index (χ3n) is 5.97. The van der Waals surface area contributed by atoms with E-state index in [1.54, 1.807) is 0 Å². The number of fused-ring (bicyclic) bond motifs is 3. The van der Waals surface area contributed by atoms with Crippen LogP contribution in [0.2, 0.25) is 0 Å². The van der Waals surface area contributed by atoms with Gasteiger partial charge < -0.3 is 0 Å². The van der Waals surface area contributed by atoms with Crippen LogP contribution in [-0.2, 0) is 0 Å². The van der Waals surface area contributed by atoms with Gasteiger partial charge in [0, 0.05) is 0 Å². The Bertz CT molecular complexity index is 1360. The van der Waals surface area contributed by atoms with Gasteiger partial charge in [-0.1, -0.05) is 91.0 Å². The van der Waals surface area contributed by atoms with Crippen molar-refractivity contribution in [2.75, 3.05) is 0 Å². The first kappa shape index (κ1) is 18.2. The molecule has 6 aromatic carbocycles. The molecule has 0 atom stereocenters. The molecule has 1 heteroatoms. The van der Waals surface area contributed by atoms with Crippen molar-refractivity contribution in [3.05, 3.63) is 127 Å². The second-order valence-corrected chi connectivity index (χ2v) is 10.1. The Hall–Kier alpha value is -3.55. The predicted octanol–water partition coefficient (Wildman–Crippen LogP) is 8.62. The molecule has 0 N–H and O–H groups in total. The molecular weight excluding hydrogens is 392 g/mol. The van der Waals surface area contributed by atoms with Gasteiger partial charge in [0.1, 0.15) is 0 Å². The summed E-state index contributed by atoms with van der Waals surface area (Å²) in [4.78, 5) is 4.16. The van der Waals surface area contributed by atoms with Crippen molar-refractivity contribution in [1.29, 1.82) is 0 Å². The molecule has 0 heterocycles. The lowest BCUT2D eigenvalue weighted by atomic mass is 10.1. The van der Waals surface area contributed by atoms with Crippen LogP contribution in [0.1, 0.15) is 0 Å². The number of thiol groups is 1. The maximum Gasteiger partial charge on any atom is -0.00388 e. The van der Waals surface area contributed by atoms with E-state index >= 15 is 0 Å². The molecule has 0 nitrogen and oxygen atoms in total. The fraction of sp³-hybridized carbons (Fsp3) is 0. The lowest BCUT2D eigenvalue weighted by Gasteiger charge is -2.24. The number of benzene rings is 6. The molecule has 0 saturated carbocycles. The minimum absolute atomic E-state index is 0.666. The maximum absolute atomic E-state index is 2.38. The second kappa shape index (κ2) is 7.61. The molecule has 148 valence electrons. The highest BCUT2D eigenvalue weighted by Gasteiger charge is 2.14. The van der Waals surface area contributed by atoms with Gasteiger partial charge in [-0.2, -0.15) is 10.9 Å². The molecule has 31 heavy (non-hydrogen) atoms. The minimum atomic E-state index is -0.666. The van der Waals surface area contributed by atoms with E-state index < -0.39 is 10.9 Å². The Labute approximate surface area is 185 Å². The van der Waals surface area contributed by atoms with E-state index in [4.69, 9.17) is 0 Å². The molecule has 0 aliphatic rings. The molecular formula is C30H22S. The first-order valence-electron chi connectivity index (χ1n) is 10.6. The monoisotopic (exact) mass is 414 g/mol. The van der Waals surface area contributed by atoms with E-state index in [2.05, 4.69) is 127 Å². The highest BCUT2D eigenvalue weighted by atomic mass is 32.2. The van der Waals surface area contributed by atoms with Gasteiger partial charge in [0.05, 0.1) is 0 Å². The van der Waals surface area contributed by atoms with Crippen molar-refractivity contribution in [2.45, 2.75) is 14.7 Å². The number of hydrogen-bond acceptors (Lipinski definition) is 0. The first-order chi connectivity index (χ1) is 15.3.